The monoisotopic (exact) mass is 252 g/mol. The largest absolute Gasteiger partial charge is 0.326 e. The maximum atomic E-state index is 5.69. The summed E-state index contributed by atoms with van der Waals surface area (Å²) in [5.74, 6) is 0.938. The lowest BCUT2D eigenvalue weighted by molar-refractivity contribution is 0.271. The molecule has 1 aromatic rings. The minimum atomic E-state index is 0.678. The summed E-state index contributed by atoms with van der Waals surface area (Å²) in [4.78, 5) is 5.22. The van der Waals surface area contributed by atoms with Crippen molar-refractivity contribution in [1.29, 1.82) is 0 Å². The molecule has 0 atom stereocenters. The van der Waals surface area contributed by atoms with Crippen molar-refractivity contribution in [3.63, 3.8) is 0 Å². The van der Waals surface area contributed by atoms with Crippen molar-refractivity contribution in [2.45, 2.75) is 45.7 Å². The molecule has 2 N–H and O–H groups in total. The Morgan fingerprint density at radius 3 is 2.71 bits per heavy atom. The Labute approximate surface area is 109 Å². The van der Waals surface area contributed by atoms with Crippen LogP contribution in [0.25, 0.3) is 0 Å². The third-order valence-electron chi connectivity index (χ3n) is 3.76. The molecule has 0 radical (unpaired) electrons. The van der Waals surface area contributed by atoms with Gasteiger partial charge >= 0.3 is 0 Å². The molecule has 1 aromatic heterocycles. The van der Waals surface area contributed by atoms with Gasteiger partial charge in [0, 0.05) is 29.4 Å². The average molecular weight is 252 g/mol. The molecule has 0 aromatic carbocycles. The van der Waals surface area contributed by atoms with Gasteiger partial charge in [-0.2, -0.15) is 0 Å². The minimum absolute atomic E-state index is 0.678. The van der Waals surface area contributed by atoms with Gasteiger partial charge in [-0.05, 0) is 44.4 Å². The van der Waals surface area contributed by atoms with Crippen molar-refractivity contribution < 1.29 is 0 Å². The summed E-state index contributed by atoms with van der Waals surface area (Å²) in [6.07, 6.45) is 5.74. The van der Waals surface area contributed by atoms with Crippen LogP contribution in [0.15, 0.2) is 6.07 Å². The van der Waals surface area contributed by atoms with E-state index in [1.54, 1.807) is 0 Å². The second kappa shape index (κ2) is 5.98. The quantitative estimate of drug-likeness (QED) is 0.872. The molecule has 2 nitrogen and oxygen atoms in total. The molecule has 0 spiro atoms. The molecule has 3 heteroatoms. The molecular formula is C14H24N2S. The zero-order valence-corrected chi connectivity index (χ0v) is 11.9. The van der Waals surface area contributed by atoms with Crippen molar-refractivity contribution in [3.8, 4) is 0 Å². The number of nitrogens with zero attached hydrogens (tertiary/aromatic N) is 1. The van der Waals surface area contributed by atoms with Gasteiger partial charge in [0.2, 0.25) is 0 Å². The normalized spacial score (nSPS) is 17.2. The Bertz CT molecular complexity index is 353. The van der Waals surface area contributed by atoms with Crippen molar-refractivity contribution in [2.24, 2.45) is 11.7 Å². The van der Waals surface area contributed by atoms with Crippen molar-refractivity contribution in [3.05, 3.63) is 21.4 Å². The molecule has 1 aliphatic carbocycles. The third-order valence-corrected chi connectivity index (χ3v) is 4.87. The minimum Gasteiger partial charge on any atom is -0.326 e. The van der Waals surface area contributed by atoms with Crippen molar-refractivity contribution in [1.82, 2.24) is 4.90 Å². The standard InChI is InChI=1S/C14H24N2S/c1-11-13(7-14(8-15)17-11)10-16(2)9-12-5-3-4-6-12/h7,12H,3-6,8-10,15H2,1-2H3. The Hall–Kier alpha value is -0.380. The highest BCUT2D eigenvalue weighted by Gasteiger charge is 2.17. The molecule has 0 bridgehead atoms. The van der Waals surface area contributed by atoms with E-state index in [-0.39, 0.29) is 0 Å². The van der Waals surface area contributed by atoms with Crippen LogP contribution in [0.4, 0.5) is 0 Å². The molecular weight excluding hydrogens is 228 g/mol. The van der Waals surface area contributed by atoms with Crippen LogP contribution in [-0.4, -0.2) is 18.5 Å². The second-order valence-electron chi connectivity index (χ2n) is 5.35. The molecule has 1 aliphatic rings. The smallest absolute Gasteiger partial charge is 0.0274 e. The van der Waals surface area contributed by atoms with E-state index < -0.39 is 0 Å². The summed E-state index contributed by atoms with van der Waals surface area (Å²) in [6, 6.07) is 2.28. The van der Waals surface area contributed by atoms with Gasteiger partial charge < -0.3 is 10.6 Å². The van der Waals surface area contributed by atoms with Gasteiger partial charge in [-0.25, -0.2) is 0 Å². The van der Waals surface area contributed by atoms with Gasteiger partial charge in [-0.15, -0.1) is 11.3 Å². The first-order chi connectivity index (χ1) is 8.19. The van der Waals surface area contributed by atoms with E-state index in [1.807, 2.05) is 11.3 Å². The van der Waals surface area contributed by atoms with E-state index in [2.05, 4.69) is 24.9 Å². The van der Waals surface area contributed by atoms with E-state index in [4.69, 9.17) is 5.73 Å². The summed E-state index contributed by atoms with van der Waals surface area (Å²) in [7, 11) is 2.25. The van der Waals surface area contributed by atoms with Crippen LogP contribution in [0.3, 0.4) is 0 Å². The highest BCUT2D eigenvalue weighted by atomic mass is 32.1. The van der Waals surface area contributed by atoms with Crippen LogP contribution in [-0.2, 0) is 13.1 Å². The van der Waals surface area contributed by atoms with E-state index in [1.165, 1.54) is 47.5 Å². The summed E-state index contributed by atoms with van der Waals surface area (Å²) >= 11 is 1.85. The zero-order valence-electron chi connectivity index (χ0n) is 11.0. The molecule has 0 aliphatic heterocycles. The molecule has 0 unspecified atom stereocenters. The number of nitrogens with two attached hydrogens (primary N) is 1. The SMILES string of the molecule is Cc1sc(CN)cc1CN(C)CC1CCCC1. The van der Waals surface area contributed by atoms with Crippen LogP contribution in [0.2, 0.25) is 0 Å². The first-order valence-corrected chi connectivity index (χ1v) is 7.47. The van der Waals surface area contributed by atoms with Crippen LogP contribution >= 0.6 is 11.3 Å². The Morgan fingerprint density at radius 1 is 1.41 bits per heavy atom. The van der Waals surface area contributed by atoms with E-state index in [9.17, 15) is 0 Å². The number of aryl methyl sites for hydroxylation is 1. The van der Waals surface area contributed by atoms with Crippen molar-refractivity contribution >= 4 is 11.3 Å². The summed E-state index contributed by atoms with van der Waals surface area (Å²) in [5.41, 5.74) is 7.16. The van der Waals surface area contributed by atoms with Crippen molar-refractivity contribution in [2.75, 3.05) is 13.6 Å². The number of rotatable bonds is 5. The molecule has 1 fully saturated rings. The Morgan fingerprint density at radius 2 is 2.12 bits per heavy atom. The summed E-state index contributed by atoms with van der Waals surface area (Å²) < 4.78 is 0. The molecule has 17 heavy (non-hydrogen) atoms. The lowest BCUT2D eigenvalue weighted by atomic mass is 10.1. The predicted molar refractivity (Wildman–Crippen MR) is 75.2 cm³/mol. The van der Waals surface area contributed by atoms with Gasteiger partial charge in [-0.1, -0.05) is 12.8 Å². The maximum Gasteiger partial charge on any atom is 0.0274 e. The topological polar surface area (TPSA) is 29.3 Å². The molecule has 96 valence electrons. The third kappa shape index (κ3) is 3.54. The van der Waals surface area contributed by atoms with Gasteiger partial charge in [0.25, 0.3) is 0 Å². The highest BCUT2D eigenvalue weighted by molar-refractivity contribution is 7.12. The number of hydrogen-bond donors (Lipinski definition) is 1. The number of thiophene rings is 1. The molecule has 0 saturated heterocycles. The molecule has 2 rings (SSSR count). The Balaban J connectivity index is 1.87. The molecule has 1 heterocycles. The second-order valence-corrected chi connectivity index (χ2v) is 6.69. The fourth-order valence-electron chi connectivity index (χ4n) is 2.83. The molecule has 1 saturated carbocycles. The first kappa shape index (κ1) is 13.1. The zero-order chi connectivity index (χ0) is 12.3. The van der Waals surface area contributed by atoms with Crippen LogP contribution in [0.1, 0.15) is 41.0 Å². The maximum absolute atomic E-state index is 5.69. The number of hydrogen-bond acceptors (Lipinski definition) is 3. The van der Waals surface area contributed by atoms with Gasteiger partial charge in [0.05, 0.1) is 0 Å². The lowest BCUT2D eigenvalue weighted by Crippen LogP contribution is -2.24. The predicted octanol–water partition coefficient (Wildman–Crippen LogP) is 3.14. The van der Waals surface area contributed by atoms with E-state index in [0.29, 0.717) is 6.54 Å². The van der Waals surface area contributed by atoms with E-state index >= 15 is 0 Å². The molecule has 0 amide bonds. The lowest BCUT2D eigenvalue weighted by Gasteiger charge is -2.20. The van der Waals surface area contributed by atoms with Crippen LogP contribution < -0.4 is 5.73 Å². The summed E-state index contributed by atoms with van der Waals surface area (Å²) in [6.45, 7) is 5.23. The van der Waals surface area contributed by atoms with Gasteiger partial charge in [-0.3, -0.25) is 0 Å². The van der Waals surface area contributed by atoms with E-state index in [0.717, 1.165) is 12.5 Å². The fraction of sp³-hybridized carbons (Fsp3) is 0.714. The van der Waals surface area contributed by atoms with Gasteiger partial charge in [0.15, 0.2) is 0 Å². The highest BCUT2D eigenvalue weighted by Crippen LogP contribution is 2.27. The van der Waals surface area contributed by atoms with Crippen LogP contribution in [0, 0.1) is 12.8 Å². The first-order valence-electron chi connectivity index (χ1n) is 6.66. The van der Waals surface area contributed by atoms with Gasteiger partial charge in [0.1, 0.15) is 0 Å². The fourth-order valence-corrected chi connectivity index (χ4v) is 3.77. The summed E-state index contributed by atoms with van der Waals surface area (Å²) in [5, 5.41) is 0. The van der Waals surface area contributed by atoms with Crippen LogP contribution in [0.5, 0.6) is 0 Å². The Kier molecular flexibility index (Phi) is 4.60. The average Bonchev–Trinajstić information content (AvgIpc) is 2.89.